The number of likely N-dealkylation sites (tertiary alicyclic amines) is 1. The van der Waals surface area contributed by atoms with Gasteiger partial charge in [0.1, 0.15) is 11.6 Å². The number of carbonyl (C=O) groups excluding carboxylic acids is 1. The highest BCUT2D eigenvalue weighted by atomic mass is 19.1. The first kappa shape index (κ1) is 17.7. The molecule has 0 bridgehead atoms. The van der Waals surface area contributed by atoms with Gasteiger partial charge in [0.25, 0.3) is 5.91 Å². The predicted molar refractivity (Wildman–Crippen MR) is 89.0 cm³/mol. The number of hydrogen-bond acceptors (Lipinski definition) is 3. The summed E-state index contributed by atoms with van der Waals surface area (Å²) in [4.78, 5) is 14.8. The zero-order chi connectivity index (χ0) is 16.8. The number of hydrogen-bond donors (Lipinski definition) is 1. The van der Waals surface area contributed by atoms with E-state index in [1.54, 1.807) is 12.1 Å². The van der Waals surface area contributed by atoms with E-state index in [0.29, 0.717) is 18.2 Å². The highest BCUT2D eigenvalue weighted by molar-refractivity contribution is 5.81. The molecular formula is C18H27FN2O2. The monoisotopic (exact) mass is 322 g/mol. The number of rotatable bonds is 6. The Balaban J connectivity index is 1.84. The number of halogens is 1. The maximum absolute atomic E-state index is 12.9. The van der Waals surface area contributed by atoms with E-state index in [4.69, 9.17) is 4.74 Å². The topological polar surface area (TPSA) is 41.6 Å². The highest BCUT2D eigenvalue weighted by Gasteiger charge is 2.25. The van der Waals surface area contributed by atoms with Crippen molar-refractivity contribution in [1.82, 2.24) is 10.2 Å². The quantitative estimate of drug-likeness (QED) is 0.875. The van der Waals surface area contributed by atoms with Gasteiger partial charge in [0.05, 0.1) is 0 Å². The molecule has 1 amide bonds. The second-order valence-electron chi connectivity index (χ2n) is 6.38. The summed E-state index contributed by atoms with van der Waals surface area (Å²) < 4.78 is 18.6. The molecule has 128 valence electrons. The summed E-state index contributed by atoms with van der Waals surface area (Å²) in [6, 6.07) is 6.53. The SMILES string of the molecule is CC[C@@H](Oc1ccc(F)cc1)C(=O)NC1CCN(C(C)C)CC1. The number of nitrogens with zero attached hydrogens (tertiary/aromatic N) is 1. The van der Waals surface area contributed by atoms with Crippen molar-refractivity contribution < 1.29 is 13.9 Å². The van der Waals surface area contributed by atoms with Crippen LogP contribution < -0.4 is 10.1 Å². The number of amides is 1. The van der Waals surface area contributed by atoms with E-state index in [-0.39, 0.29) is 17.8 Å². The lowest BCUT2D eigenvalue weighted by Crippen LogP contribution is -2.49. The molecule has 23 heavy (non-hydrogen) atoms. The molecule has 1 aromatic carbocycles. The Morgan fingerprint density at radius 2 is 1.91 bits per heavy atom. The zero-order valence-corrected chi connectivity index (χ0v) is 14.2. The van der Waals surface area contributed by atoms with Crippen molar-refractivity contribution >= 4 is 5.91 Å². The van der Waals surface area contributed by atoms with E-state index in [2.05, 4.69) is 24.1 Å². The Morgan fingerprint density at radius 1 is 1.30 bits per heavy atom. The molecule has 1 heterocycles. The molecule has 1 saturated heterocycles. The van der Waals surface area contributed by atoms with Crippen molar-refractivity contribution in [2.45, 2.75) is 58.2 Å². The van der Waals surface area contributed by atoms with Crippen LogP contribution in [0.3, 0.4) is 0 Å². The molecule has 0 saturated carbocycles. The average Bonchev–Trinajstić information content (AvgIpc) is 2.54. The van der Waals surface area contributed by atoms with Gasteiger partial charge < -0.3 is 15.0 Å². The summed E-state index contributed by atoms with van der Waals surface area (Å²) in [7, 11) is 0. The molecule has 1 aliphatic rings. The van der Waals surface area contributed by atoms with Crippen LogP contribution in [0.1, 0.15) is 40.0 Å². The number of nitrogens with one attached hydrogen (secondary N) is 1. The largest absolute Gasteiger partial charge is 0.481 e. The van der Waals surface area contributed by atoms with Crippen molar-refractivity contribution in [3.8, 4) is 5.75 Å². The van der Waals surface area contributed by atoms with E-state index in [0.717, 1.165) is 25.9 Å². The van der Waals surface area contributed by atoms with Crippen LogP contribution in [0.2, 0.25) is 0 Å². The van der Waals surface area contributed by atoms with Crippen molar-refractivity contribution in [2.24, 2.45) is 0 Å². The Bertz CT molecular complexity index is 496. The van der Waals surface area contributed by atoms with Gasteiger partial charge in [0.2, 0.25) is 0 Å². The average molecular weight is 322 g/mol. The molecule has 0 aromatic heterocycles. The number of ether oxygens (including phenoxy) is 1. The van der Waals surface area contributed by atoms with E-state index < -0.39 is 6.10 Å². The summed E-state index contributed by atoms with van der Waals surface area (Å²) in [5.41, 5.74) is 0. The fourth-order valence-electron chi connectivity index (χ4n) is 2.85. The number of carbonyl (C=O) groups is 1. The summed E-state index contributed by atoms with van der Waals surface area (Å²) in [5.74, 6) is 0.120. The smallest absolute Gasteiger partial charge is 0.261 e. The van der Waals surface area contributed by atoms with Gasteiger partial charge in [-0.2, -0.15) is 0 Å². The summed E-state index contributed by atoms with van der Waals surface area (Å²) in [5, 5.41) is 3.10. The molecule has 1 aromatic rings. The van der Waals surface area contributed by atoms with Crippen LogP contribution in [0.5, 0.6) is 5.75 Å². The molecule has 1 aliphatic heterocycles. The van der Waals surface area contributed by atoms with Gasteiger partial charge >= 0.3 is 0 Å². The molecule has 0 unspecified atom stereocenters. The van der Waals surface area contributed by atoms with Gasteiger partial charge in [-0.1, -0.05) is 6.92 Å². The Hall–Kier alpha value is -1.62. The minimum absolute atomic E-state index is 0.0835. The predicted octanol–water partition coefficient (Wildman–Crippen LogP) is 2.97. The highest BCUT2D eigenvalue weighted by Crippen LogP contribution is 2.16. The second-order valence-corrected chi connectivity index (χ2v) is 6.38. The minimum atomic E-state index is -0.538. The number of benzene rings is 1. The molecule has 5 heteroatoms. The van der Waals surface area contributed by atoms with E-state index in [1.807, 2.05) is 6.92 Å². The Kier molecular flexibility index (Phi) is 6.39. The Morgan fingerprint density at radius 3 is 2.43 bits per heavy atom. The molecule has 1 fully saturated rings. The molecule has 0 radical (unpaired) electrons. The van der Waals surface area contributed by atoms with Gasteiger partial charge in [-0.25, -0.2) is 4.39 Å². The maximum Gasteiger partial charge on any atom is 0.261 e. The summed E-state index contributed by atoms with van der Waals surface area (Å²) >= 11 is 0. The van der Waals surface area contributed by atoms with E-state index in [9.17, 15) is 9.18 Å². The van der Waals surface area contributed by atoms with Crippen LogP contribution in [0, 0.1) is 5.82 Å². The first-order valence-electron chi connectivity index (χ1n) is 8.46. The van der Waals surface area contributed by atoms with Crippen LogP contribution in [0.4, 0.5) is 4.39 Å². The maximum atomic E-state index is 12.9. The first-order valence-corrected chi connectivity index (χ1v) is 8.46. The van der Waals surface area contributed by atoms with Crippen LogP contribution in [0.25, 0.3) is 0 Å². The molecule has 1 atom stereocenters. The van der Waals surface area contributed by atoms with Gasteiger partial charge in [-0.05, 0) is 57.4 Å². The van der Waals surface area contributed by atoms with Crippen molar-refractivity contribution in [2.75, 3.05) is 13.1 Å². The standard InChI is InChI=1S/C18H27FN2O2/c1-4-17(23-16-7-5-14(19)6-8-16)18(22)20-15-9-11-21(12-10-15)13(2)3/h5-8,13,15,17H,4,9-12H2,1-3H3,(H,20,22)/t17-/m1/s1. The van der Waals surface area contributed by atoms with Gasteiger partial charge in [0.15, 0.2) is 6.10 Å². The lowest BCUT2D eigenvalue weighted by molar-refractivity contribution is -0.129. The summed E-state index contributed by atoms with van der Waals surface area (Å²) in [6.45, 7) is 8.33. The van der Waals surface area contributed by atoms with Crippen molar-refractivity contribution in [3.63, 3.8) is 0 Å². The summed E-state index contributed by atoms with van der Waals surface area (Å²) in [6.07, 6.45) is 1.98. The van der Waals surface area contributed by atoms with Gasteiger partial charge in [0, 0.05) is 25.2 Å². The minimum Gasteiger partial charge on any atom is -0.481 e. The molecule has 0 spiro atoms. The fourth-order valence-corrected chi connectivity index (χ4v) is 2.85. The fraction of sp³-hybridized carbons (Fsp3) is 0.611. The molecule has 1 N–H and O–H groups in total. The molecule has 2 rings (SSSR count). The zero-order valence-electron chi connectivity index (χ0n) is 14.2. The Labute approximate surface area is 138 Å². The van der Waals surface area contributed by atoms with Crippen molar-refractivity contribution in [1.29, 1.82) is 0 Å². The van der Waals surface area contributed by atoms with Crippen LogP contribution in [0.15, 0.2) is 24.3 Å². The number of piperidine rings is 1. The van der Waals surface area contributed by atoms with Crippen LogP contribution in [-0.2, 0) is 4.79 Å². The van der Waals surface area contributed by atoms with Gasteiger partial charge in [-0.15, -0.1) is 0 Å². The van der Waals surface area contributed by atoms with E-state index >= 15 is 0 Å². The van der Waals surface area contributed by atoms with Crippen LogP contribution in [-0.4, -0.2) is 42.1 Å². The van der Waals surface area contributed by atoms with E-state index in [1.165, 1.54) is 12.1 Å². The first-order chi connectivity index (χ1) is 11.0. The van der Waals surface area contributed by atoms with Crippen molar-refractivity contribution in [3.05, 3.63) is 30.1 Å². The lowest BCUT2D eigenvalue weighted by Gasteiger charge is -2.35. The third-order valence-corrected chi connectivity index (χ3v) is 4.36. The van der Waals surface area contributed by atoms with Gasteiger partial charge in [-0.3, -0.25) is 4.79 Å². The van der Waals surface area contributed by atoms with Crippen LogP contribution >= 0.6 is 0 Å². The third kappa shape index (κ3) is 5.20. The molecule has 0 aliphatic carbocycles. The lowest BCUT2D eigenvalue weighted by atomic mass is 10.0. The molecule has 4 nitrogen and oxygen atoms in total. The second kappa shape index (κ2) is 8.29. The molecular weight excluding hydrogens is 295 g/mol. The third-order valence-electron chi connectivity index (χ3n) is 4.36. The normalized spacial score (nSPS) is 18.0.